The van der Waals surface area contributed by atoms with Gasteiger partial charge in [-0.15, -0.1) is 0 Å². The smallest absolute Gasteiger partial charge is 0.322 e. The number of fused-ring (bicyclic) bond motifs is 2. The number of anilines is 1. The fraction of sp³-hybridized carbons (Fsp3) is 0.385. The topological polar surface area (TPSA) is 86.9 Å². The Balaban J connectivity index is 1.43. The van der Waals surface area contributed by atoms with Crippen LogP contribution in [0.4, 0.5) is 10.5 Å². The first-order chi connectivity index (χ1) is 16.6. The molecular formula is C26H30N4O4. The number of rotatable bonds is 6. The summed E-state index contributed by atoms with van der Waals surface area (Å²) in [5, 5.41) is 3.83. The minimum absolute atomic E-state index is 0.208. The molecule has 1 fully saturated rings. The lowest BCUT2D eigenvalue weighted by molar-refractivity contribution is 0.172. The number of benzene rings is 2. The Hall–Kier alpha value is -3.52. The molecule has 0 aliphatic carbocycles. The van der Waals surface area contributed by atoms with Gasteiger partial charge in [-0.2, -0.15) is 0 Å². The van der Waals surface area contributed by atoms with Crippen LogP contribution in [0.5, 0.6) is 11.5 Å². The Morgan fingerprint density at radius 1 is 1.15 bits per heavy atom. The number of aromatic amines is 1. The molecule has 8 heteroatoms. The van der Waals surface area contributed by atoms with E-state index in [-0.39, 0.29) is 24.2 Å². The fourth-order valence-electron chi connectivity index (χ4n) is 4.83. The lowest BCUT2D eigenvalue weighted by Crippen LogP contribution is -2.45. The molecule has 1 atom stereocenters. The molecule has 34 heavy (non-hydrogen) atoms. The van der Waals surface area contributed by atoms with Crippen molar-refractivity contribution in [2.45, 2.75) is 32.4 Å². The highest BCUT2D eigenvalue weighted by Gasteiger charge is 2.28. The van der Waals surface area contributed by atoms with Crippen LogP contribution in [-0.4, -0.2) is 59.7 Å². The van der Waals surface area contributed by atoms with E-state index >= 15 is 0 Å². The Bertz CT molecular complexity index is 1230. The number of ether oxygens (including phenoxy) is 2. The summed E-state index contributed by atoms with van der Waals surface area (Å²) in [6, 6.07) is 15.0. The van der Waals surface area contributed by atoms with Crippen molar-refractivity contribution in [3.05, 3.63) is 64.4 Å². The molecule has 0 saturated carbocycles. The van der Waals surface area contributed by atoms with E-state index in [0.29, 0.717) is 42.3 Å². The Labute approximate surface area is 198 Å². The van der Waals surface area contributed by atoms with Crippen molar-refractivity contribution in [3.63, 3.8) is 0 Å². The second-order valence-corrected chi connectivity index (χ2v) is 8.81. The van der Waals surface area contributed by atoms with Crippen molar-refractivity contribution in [3.8, 4) is 11.5 Å². The van der Waals surface area contributed by atoms with E-state index in [0.717, 1.165) is 37.0 Å². The van der Waals surface area contributed by atoms with Gasteiger partial charge >= 0.3 is 6.03 Å². The van der Waals surface area contributed by atoms with Crippen molar-refractivity contribution in [1.82, 2.24) is 14.8 Å². The number of likely N-dealkylation sites (N-methyl/N-ethyl adjacent to an activating group) is 1. The number of urea groups is 1. The van der Waals surface area contributed by atoms with E-state index in [1.165, 1.54) is 0 Å². The number of carbonyl (C=O) groups is 1. The highest BCUT2D eigenvalue weighted by atomic mass is 16.6. The average molecular weight is 463 g/mol. The first-order valence-corrected chi connectivity index (χ1v) is 11.9. The van der Waals surface area contributed by atoms with Crippen LogP contribution in [0, 0.1) is 0 Å². The molecule has 2 aliphatic heterocycles. The number of carbonyl (C=O) groups excluding carboxylic acids is 1. The van der Waals surface area contributed by atoms with Crippen molar-refractivity contribution >= 4 is 22.6 Å². The van der Waals surface area contributed by atoms with Crippen LogP contribution in [0.15, 0.2) is 53.3 Å². The second-order valence-electron chi connectivity index (χ2n) is 8.81. The van der Waals surface area contributed by atoms with Crippen LogP contribution in [0.2, 0.25) is 0 Å². The van der Waals surface area contributed by atoms with Gasteiger partial charge in [0.05, 0.1) is 12.1 Å². The summed E-state index contributed by atoms with van der Waals surface area (Å²) in [5.74, 6) is 1.30. The molecule has 3 aromatic rings. The predicted molar refractivity (Wildman–Crippen MR) is 132 cm³/mol. The molecule has 1 aromatic heterocycles. The number of para-hydroxylation sites is 1. The minimum Gasteiger partial charge on any atom is -0.486 e. The van der Waals surface area contributed by atoms with Gasteiger partial charge < -0.3 is 24.7 Å². The molecule has 5 rings (SSSR count). The molecule has 2 aliphatic rings. The number of nitrogens with zero attached hydrogens (tertiary/aromatic N) is 2. The number of hydrogen-bond acceptors (Lipinski definition) is 5. The van der Waals surface area contributed by atoms with Crippen molar-refractivity contribution < 1.29 is 14.3 Å². The van der Waals surface area contributed by atoms with E-state index in [1.807, 2.05) is 42.5 Å². The Kier molecular flexibility index (Phi) is 6.40. The Morgan fingerprint density at radius 2 is 1.91 bits per heavy atom. The zero-order valence-corrected chi connectivity index (χ0v) is 19.4. The average Bonchev–Trinajstić information content (AvgIpc) is 3.30. The SMILES string of the molecule is CCN1CCCC1CN(Cc1cc2cc3c(cc2[nH]c1=O)OCCO3)C(=O)Nc1ccccc1. The van der Waals surface area contributed by atoms with Crippen molar-refractivity contribution in [2.24, 2.45) is 0 Å². The highest BCUT2D eigenvalue weighted by Crippen LogP contribution is 2.33. The van der Waals surface area contributed by atoms with Gasteiger partial charge in [-0.3, -0.25) is 9.69 Å². The van der Waals surface area contributed by atoms with Crippen molar-refractivity contribution in [1.29, 1.82) is 0 Å². The maximum absolute atomic E-state index is 13.3. The number of aromatic nitrogens is 1. The van der Waals surface area contributed by atoms with Crippen LogP contribution in [0.25, 0.3) is 10.9 Å². The van der Waals surface area contributed by atoms with Gasteiger partial charge in [0, 0.05) is 35.3 Å². The summed E-state index contributed by atoms with van der Waals surface area (Å²) in [7, 11) is 0. The summed E-state index contributed by atoms with van der Waals surface area (Å²) in [4.78, 5) is 33.4. The molecule has 8 nitrogen and oxygen atoms in total. The molecule has 178 valence electrons. The molecule has 1 unspecified atom stereocenters. The summed E-state index contributed by atoms with van der Waals surface area (Å²) >= 11 is 0. The van der Waals surface area contributed by atoms with Gasteiger partial charge in [0.25, 0.3) is 5.56 Å². The predicted octanol–water partition coefficient (Wildman–Crippen LogP) is 3.82. The molecule has 0 radical (unpaired) electrons. The van der Waals surface area contributed by atoms with E-state index < -0.39 is 0 Å². The largest absolute Gasteiger partial charge is 0.486 e. The standard InChI is InChI=1S/C26H30N4O4/c1-2-29-10-6-9-21(29)17-30(26(32)27-20-7-4-3-5-8-20)16-19-13-18-14-23-24(34-12-11-33-23)15-22(18)28-25(19)31/h3-5,7-8,13-15,21H,2,6,9-12,16-17H2,1H3,(H,27,32)(H,28,31). The summed E-state index contributed by atoms with van der Waals surface area (Å²) in [6.45, 7) is 5.89. The van der Waals surface area contributed by atoms with Gasteiger partial charge in [0.15, 0.2) is 11.5 Å². The van der Waals surface area contributed by atoms with Gasteiger partial charge in [0.1, 0.15) is 13.2 Å². The number of pyridine rings is 1. The minimum atomic E-state index is -0.212. The molecular weight excluding hydrogens is 432 g/mol. The van der Waals surface area contributed by atoms with Crippen LogP contribution < -0.4 is 20.3 Å². The Morgan fingerprint density at radius 3 is 2.68 bits per heavy atom. The maximum atomic E-state index is 13.3. The van der Waals surface area contributed by atoms with E-state index in [2.05, 4.69) is 22.1 Å². The van der Waals surface area contributed by atoms with Gasteiger partial charge in [-0.25, -0.2) is 4.79 Å². The number of H-pyrrole nitrogens is 1. The molecule has 2 N–H and O–H groups in total. The van der Waals surface area contributed by atoms with Crippen LogP contribution >= 0.6 is 0 Å². The van der Waals surface area contributed by atoms with E-state index in [4.69, 9.17) is 9.47 Å². The lowest BCUT2D eigenvalue weighted by Gasteiger charge is -2.30. The summed E-state index contributed by atoms with van der Waals surface area (Å²) in [6.07, 6.45) is 2.16. The third-order valence-corrected chi connectivity index (χ3v) is 6.59. The monoisotopic (exact) mass is 462 g/mol. The zero-order chi connectivity index (χ0) is 23.5. The normalized spacial score (nSPS) is 17.6. The van der Waals surface area contributed by atoms with Gasteiger partial charge in [-0.05, 0) is 50.2 Å². The number of nitrogens with one attached hydrogen (secondary N) is 2. The molecule has 0 bridgehead atoms. The first-order valence-electron chi connectivity index (χ1n) is 11.9. The zero-order valence-electron chi connectivity index (χ0n) is 19.4. The first kappa shape index (κ1) is 22.3. The quantitative estimate of drug-likeness (QED) is 0.582. The molecule has 3 heterocycles. The third kappa shape index (κ3) is 4.72. The molecule has 2 aromatic carbocycles. The number of hydrogen-bond donors (Lipinski definition) is 2. The highest BCUT2D eigenvalue weighted by molar-refractivity contribution is 5.89. The fourth-order valence-corrected chi connectivity index (χ4v) is 4.83. The summed E-state index contributed by atoms with van der Waals surface area (Å²) < 4.78 is 11.3. The van der Waals surface area contributed by atoms with Crippen molar-refractivity contribution in [2.75, 3.05) is 38.2 Å². The van der Waals surface area contributed by atoms with E-state index in [9.17, 15) is 9.59 Å². The molecule has 2 amide bonds. The van der Waals surface area contributed by atoms with Gasteiger partial charge in [0.2, 0.25) is 0 Å². The maximum Gasteiger partial charge on any atom is 0.322 e. The van der Waals surface area contributed by atoms with Crippen LogP contribution in [0.1, 0.15) is 25.3 Å². The lowest BCUT2D eigenvalue weighted by atomic mass is 10.1. The second kappa shape index (κ2) is 9.77. The molecule has 0 spiro atoms. The number of amides is 2. The van der Waals surface area contributed by atoms with Crippen LogP contribution in [0.3, 0.4) is 0 Å². The van der Waals surface area contributed by atoms with Gasteiger partial charge in [-0.1, -0.05) is 25.1 Å². The van der Waals surface area contributed by atoms with Crippen LogP contribution in [-0.2, 0) is 6.54 Å². The third-order valence-electron chi connectivity index (χ3n) is 6.59. The molecule has 1 saturated heterocycles. The van der Waals surface area contributed by atoms with E-state index in [1.54, 1.807) is 11.0 Å². The number of likely N-dealkylation sites (tertiary alicyclic amines) is 1. The summed E-state index contributed by atoms with van der Waals surface area (Å²) in [5.41, 5.74) is 1.74.